The number of piperidine rings is 1. The van der Waals surface area contributed by atoms with Crippen molar-refractivity contribution in [3.8, 4) is 0 Å². The average molecular weight is 284 g/mol. The molecule has 1 rings (SSSR count). The summed E-state index contributed by atoms with van der Waals surface area (Å²) in [6.07, 6.45) is 1.69. The van der Waals surface area contributed by atoms with Crippen molar-refractivity contribution in [3.63, 3.8) is 0 Å². The van der Waals surface area contributed by atoms with Crippen molar-refractivity contribution in [3.05, 3.63) is 0 Å². The molecule has 1 aliphatic rings. The van der Waals surface area contributed by atoms with Gasteiger partial charge in [0.05, 0.1) is 0 Å². The van der Waals surface area contributed by atoms with Crippen molar-refractivity contribution >= 4 is 17.6 Å². The molecule has 0 atom stereocenters. The van der Waals surface area contributed by atoms with Crippen LogP contribution < -0.4 is 11.1 Å². The Morgan fingerprint density at radius 2 is 1.95 bits per heavy atom. The second-order valence-corrected chi connectivity index (χ2v) is 5.78. The van der Waals surface area contributed by atoms with Crippen LogP contribution in [0.2, 0.25) is 0 Å². The number of nitrogens with zero attached hydrogens (tertiary/aromatic N) is 2. The molecule has 0 aliphatic carbocycles. The summed E-state index contributed by atoms with van der Waals surface area (Å²) in [5, 5.41) is 14.5. The highest BCUT2D eigenvalue weighted by Crippen LogP contribution is 2.24. The van der Waals surface area contributed by atoms with Crippen LogP contribution in [0.5, 0.6) is 0 Å². The van der Waals surface area contributed by atoms with E-state index in [9.17, 15) is 9.59 Å². The van der Waals surface area contributed by atoms with Crippen LogP contribution in [-0.2, 0) is 9.59 Å². The first kappa shape index (κ1) is 16.3. The Morgan fingerprint density at radius 1 is 1.40 bits per heavy atom. The van der Waals surface area contributed by atoms with Crippen molar-refractivity contribution in [1.29, 1.82) is 0 Å². The number of hydrogen-bond acceptors (Lipinski definition) is 4. The fraction of sp³-hybridized carbons (Fsp3) is 0.769. The van der Waals surface area contributed by atoms with Crippen LogP contribution in [0, 0.1) is 11.3 Å². The maximum Gasteiger partial charge on any atom is 0.235 e. The standard InChI is InChI=1S/C13H24N4O3/c1-9(18)15-8-10-4-6-17(7-5-10)12(19)13(2,3)11(14)16-20/h10,20H,4-8H2,1-3H3,(H2,14,16)(H,15,18). The Hall–Kier alpha value is -1.79. The summed E-state index contributed by atoms with van der Waals surface area (Å²) in [4.78, 5) is 25.0. The molecule has 1 fully saturated rings. The molecule has 7 heteroatoms. The summed E-state index contributed by atoms with van der Waals surface area (Å²) in [5.41, 5.74) is 4.57. The number of rotatable bonds is 4. The van der Waals surface area contributed by atoms with Crippen molar-refractivity contribution < 1.29 is 14.8 Å². The molecular weight excluding hydrogens is 260 g/mol. The highest BCUT2D eigenvalue weighted by Gasteiger charge is 2.37. The predicted octanol–water partition coefficient (Wildman–Crippen LogP) is 0.134. The van der Waals surface area contributed by atoms with Gasteiger partial charge in [-0.05, 0) is 32.6 Å². The molecule has 114 valence electrons. The van der Waals surface area contributed by atoms with E-state index >= 15 is 0 Å². The molecule has 20 heavy (non-hydrogen) atoms. The van der Waals surface area contributed by atoms with Gasteiger partial charge in [0.15, 0.2) is 5.84 Å². The lowest BCUT2D eigenvalue weighted by molar-refractivity contribution is -0.138. The van der Waals surface area contributed by atoms with E-state index in [1.807, 2.05) is 0 Å². The normalized spacial score (nSPS) is 17.9. The minimum atomic E-state index is -1.00. The number of carbonyl (C=O) groups is 2. The Bertz CT molecular complexity index is 398. The van der Waals surface area contributed by atoms with Crippen LogP contribution >= 0.6 is 0 Å². The minimum absolute atomic E-state index is 0.0310. The molecular formula is C13H24N4O3. The van der Waals surface area contributed by atoms with E-state index in [0.717, 1.165) is 12.8 Å². The number of amidine groups is 1. The Morgan fingerprint density at radius 3 is 2.40 bits per heavy atom. The SMILES string of the molecule is CC(=O)NCC1CCN(C(=O)C(C)(C)C(N)=NO)CC1. The number of oxime groups is 1. The zero-order valence-electron chi connectivity index (χ0n) is 12.3. The van der Waals surface area contributed by atoms with Gasteiger partial charge >= 0.3 is 0 Å². The van der Waals surface area contributed by atoms with Crippen molar-refractivity contribution in [2.75, 3.05) is 19.6 Å². The zero-order chi connectivity index (χ0) is 15.3. The van der Waals surface area contributed by atoms with Gasteiger partial charge in [-0.1, -0.05) is 5.16 Å². The molecule has 2 amide bonds. The van der Waals surface area contributed by atoms with E-state index in [1.165, 1.54) is 6.92 Å². The average Bonchev–Trinajstić information content (AvgIpc) is 2.43. The monoisotopic (exact) mass is 284 g/mol. The Balaban J connectivity index is 2.53. The zero-order valence-corrected chi connectivity index (χ0v) is 12.3. The minimum Gasteiger partial charge on any atom is -0.409 e. The van der Waals surface area contributed by atoms with E-state index in [1.54, 1.807) is 18.7 Å². The van der Waals surface area contributed by atoms with Crippen LogP contribution in [0.1, 0.15) is 33.6 Å². The van der Waals surface area contributed by atoms with E-state index in [0.29, 0.717) is 25.6 Å². The summed E-state index contributed by atoms with van der Waals surface area (Å²) in [7, 11) is 0. The van der Waals surface area contributed by atoms with Gasteiger partial charge in [-0.2, -0.15) is 0 Å². The van der Waals surface area contributed by atoms with Crippen molar-refractivity contribution in [1.82, 2.24) is 10.2 Å². The van der Waals surface area contributed by atoms with Gasteiger partial charge in [-0.15, -0.1) is 0 Å². The topological polar surface area (TPSA) is 108 Å². The molecule has 0 aromatic rings. The molecule has 0 saturated carbocycles. The number of carbonyl (C=O) groups excluding carboxylic acids is 2. The Kier molecular flexibility index (Phi) is 5.35. The highest BCUT2D eigenvalue weighted by molar-refractivity contribution is 6.05. The van der Waals surface area contributed by atoms with Gasteiger partial charge in [-0.3, -0.25) is 9.59 Å². The van der Waals surface area contributed by atoms with Crippen LogP contribution in [0.3, 0.4) is 0 Å². The fourth-order valence-corrected chi connectivity index (χ4v) is 2.26. The predicted molar refractivity (Wildman–Crippen MR) is 75.2 cm³/mol. The van der Waals surface area contributed by atoms with Gasteiger partial charge in [0, 0.05) is 26.6 Å². The number of amides is 2. The van der Waals surface area contributed by atoms with Gasteiger partial charge in [0.2, 0.25) is 11.8 Å². The smallest absolute Gasteiger partial charge is 0.235 e. The van der Waals surface area contributed by atoms with E-state index < -0.39 is 5.41 Å². The van der Waals surface area contributed by atoms with E-state index in [-0.39, 0.29) is 17.6 Å². The van der Waals surface area contributed by atoms with Crippen molar-refractivity contribution in [2.45, 2.75) is 33.6 Å². The lowest BCUT2D eigenvalue weighted by Crippen LogP contribution is -2.51. The van der Waals surface area contributed by atoms with Crippen LogP contribution in [0.25, 0.3) is 0 Å². The lowest BCUT2D eigenvalue weighted by Gasteiger charge is -2.36. The van der Waals surface area contributed by atoms with Gasteiger partial charge in [-0.25, -0.2) is 0 Å². The second kappa shape index (κ2) is 6.58. The third-order valence-electron chi connectivity index (χ3n) is 3.82. The third kappa shape index (κ3) is 3.85. The largest absolute Gasteiger partial charge is 0.409 e. The third-order valence-corrected chi connectivity index (χ3v) is 3.82. The highest BCUT2D eigenvalue weighted by atomic mass is 16.4. The van der Waals surface area contributed by atoms with E-state index in [2.05, 4.69) is 10.5 Å². The van der Waals surface area contributed by atoms with Crippen LogP contribution in [-0.4, -0.2) is 47.4 Å². The molecule has 1 heterocycles. The summed E-state index contributed by atoms with van der Waals surface area (Å²) >= 11 is 0. The lowest BCUT2D eigenvalue weighted by atomic mass is 9.88. The van der Waals surface area contributed by atoms with E-state index in [4.69, 9.17) is 10.9 Å². The second-order valence-electron chi connectivity index (χ2n) is 5.78. The molecule has 0 aromatic heterocycles. The number of nitrogens with two attached hydrogens (primary N) is 1. The van der Waals surface area contributed by atoms with Gasteiger partial charge < -0.3 is 21.2 Å². The number of hydrogen-bond donors (Lipinski definition) is 3. The first-order chi connectivity index (χ1) is 9.28. The molecule has 0 bridgehead atoms. The first-order valence-corrected chi connectivity index (χ1v) is 6.80. The molecule has 1 saturated heterocycles. The maximum absolute atomic E-state index is 12.4. The first-order valence-electron chi connectivity index (χ1n) is 6.80. The molecule has 0 aromatic carbocycles. The molecule has 0 spiro atoms. The molecule has 0 radical (unpaired) electrons. The quantitative estimate of drug-likeness (QED) is 0.295. The fourth-order valence-electron chi connectivity index (χ4n) is 2.26. The van der Waals surface area contributed by atoms with Crippen LogP contribution in [0.4, 0.5) is 0 Å². The van der Waals surface area contributed by atoms with Gasteiger partial charge in [0.25, 0.3) is 0 Å². The summed E-state index contributed by atoms with van der Waals surface area (Å²) in [6, 6.07) is 0. The number of nitrogens with one attached hydrogen (secondary N) is 1. The van der Waals surface area contributed by atoms with Crippen LogP contribution in [0.15, 0.2) is 5.16 Å². The molecule has 1 aliphatic heterocycles. The summed E-state index contributed by atoms with van der Waals surface area (Å²) in [5.74, 6) is 0.153. The Labute approximate surface area is 119 Å². The molecule has 4 N–H and O–H groups in total. The van der Waals surface area contributed by atoms with Crippen molar-refractivity contribution in [2.24, 2.45) is 22.2 Å². The molecule has 0 unspecified atom stereocenters. The molecule has 7 nitrogen and oxygen atoms in total. The number of likely N-dealkylation sites (tertiary alicyclic amines) is 1. The van der Waals surface area contributed by atoms with Gasteiger partial charge in [0.1, 0.15) is 5.41 Å². The maximum atomic E-state index is 12.4. The summed E-state index contributed by atoms with van der Waals surface area (Å²) < 4.78 is 0. The summed E-state index contributed by atoms with van der Waals surface area (Å²) in [6.45, 7) is 6.71.